The molecule has 2 aromatic carbocycles. The first-order chi connectivity index (χ1) is 10.3. The number of amides is 1. The fraction of sp³-hybridized carbons (Fsp3) is 0.278. The summed E-state index contributed by atoms with van der Waals surface area (Å²) in [5.74, 6) is 0.240. The van der Waals surface area contributed by atoms with Crippen LogP contribution in [0, 0.1) is 0 Å². The van der Waals surface area contributed by atoms with E-state index in [0.29, 0.717) is 13.0 Å². The van der Waals surface area contributed by atoms with Crippen LogP contribution in [0.5, 0.6) is 0 Å². The van der Waals surface area contributed by atoms with Crippen LogP contribution in [-0.2, 0) is 17.9 Å². The average molecular weight is 280 g/mol. The Bertz CT molecular complexity index is 583. The Balaban J connectivity index is 1.53. The number of nitrogens with zero attached hydrogens (tertiary/aromatic N) is 1. The zero-order valence-corrected chi connectivity index (χ0v) is 12.0. The van der Waals surface area contributed by atoms with E-state index in [1.807, 2.05) is 41.3 Å². The normalized spacial score (nSPS) is 18.2. The van der Waals surface area contributed by atoms with Crippen LogP contribution in [0.15, 0.2) is 60.7 Å². The van der Waals surface area contributed by atoms with Crippen molar-refractivity contribution in [3.63, 3.8) is 0 Å². The SMILES string of the molecule is O=C1C[C@H](NCc2ccccc2)CN1Cc1ccccc1. The summed E-state index contributed by atoms with van der Waals surface area (Å²) in [4.78, 5) is 14.0. The number of carbonyl (C=O) groups excluding carboxylic acids is 1. The first-order valence-electron chi connectivity index (χ1n) is 7.40. The van der Waals surface area contributed by atoms with Crippen molar-refractivity contribution in [3.05, 3.63) is 71.8 Å². The predicted octanol–water partition coefficient (Wildman–Crippen LogP) is 2.58. The predicted molar refractivity (Wildman–Crippen MR) is 83.5 cm³/mol. The van der Waals surface area contributed by atoms with Crippen molar-refractivity contribution in [2.24, 2.45) is 0 Å². The van der Waals surface area contributed by atoms with Gasteiger partial charge in [0, 0.05) is 32.1 Å². The van der Waals surface area contributed by atoms with Gasteiger partial charge in [0.25, 0.3) is 0 Å². The molecular formula is C18H20N2O. The van der Waals surface area contributed by atoms with E-state index < -0.39 is 0 Å². The van der Waals surface area contributed by atoms with Gasteiger partial charge in [0.15, 0.2) is 0 Å². The Morgan fingerprint density at radius 2 is 1.57 bits per heavy atom. The van der Waals surface area contributed by atoms with Crippen LogP contribution in [0.3, 0.4) is 0 Å². The van der Waals surface area contributed by atoms with Crippen molar-refractivity contribution in [3.8, 4) is 0 Å². The van der Waals surface area contributed by atoms with E-state index in [9.17, 15) is 4.79 Å². The quantitative estimate of drug-likeness (QED) is 0.913. The Labute approximate surface area is 125 Å². The van der Waals surface area contributed by atoms with E-state index in [0.717, 1.165) is 13.1 Å². The molecule has 108 valence electrons. The highest BCUT2D eigenvalue weighted by Crippen LogP contribution is 2.15. The van der Waals surface area contributed by atoms with Crippen molar-refractivity contribution in [1.82, 2.24) is 10.2 Å². The average Bonchev–Trinajstić information content (AvgIpc) is 2.87. The number of nitrogens with one attached hydrogen (secondary N) is 1. The fourth-order valence-electron chi connectivity index (χ4n) is 2.72. The highest BCUT2D eigenvalue weighted by atomic mass is 16.2. The largest absolute Gasteiger partial charge is 0.337 e. The third-order valence-electron chi connectivity index (χ3n) is 3.87. The van der Waals surface area contributed by atoms with Crippen molar-refractivity contribution >= 4 is 5.91 Å². The molecule has 0 spiro atoms. The lowest BCUT2D eigenvalue weighted by molar-refractivity contribution is -0.128. The summed E-state index contributed by atoms with van der Waals surface area (Å²) in [7, 11) is 0. The van der Waals surface area contributed by atoms with Gasteiger partial charge in [-0.2, -0.15) is 0 Å². The Morgan fingerprint density at radius 3 is 2.24 bits per heavy atom. The van der Waals surface area contributed by atoms with Gasteiger partial charge in [-0.15, -0.1) is 0 Å². The summed E-state index contributed by atoms with van der Waals surface area (Å²) in [6, 6.07) is 20.7. The number of benzene rings is 2. The highest BCUT2D eigenvalue weighted by molar-refractivity contribution is 5.79. The first-order valence-corrected chi connectivity index (χ1v) is 7.40. The minimum absolute atomic E-state index is 0.240. The smallest absolute Gasteiger partial charge is 0.224 e. The maximum absolute atomic E-state index is 12.1. The van der Waals surface area contributed by atoms with Crippen LogP contribution in [0.4, 0.5) is 0 Å². The number of rotatable bonds is 5. The van der Waals surface area contributed by atoms with Gasteiger partial charge in [-0.25, -0.2) is 0 Å². The lowest BCUT2D eigenvalue weighted by Crippen LogP contribution is -2.32. The van der Waals surface area contributed by atoms with Gasteiger partial charge in [0.2, 0.25) is 5.91 Å². The summed E-state index contributed by atoms with van der Waals surface area (Å²) >= 11 is 0. The summed E-state index contributed by atoms with van der Waals surface area (Å²) in [5.41, 5.74) is 2.45. The topological polar surface area (TPSA) is 32.3 Å². The van der Waals surface area contributed by atoms with Gasteiger partial charge in [-0.1, -0.05) is 60.7 Å². The number of carbonyl (C=O) groups is 1. The molecule has 3 rings (SSSR count). The highest BCUT2D eigenvalue weighted by Gasteiger charge is 2.28. The Hall–Kier alpha value is -2.13. The molecule has 1 amide bonds. The van der Waals surface area contributed by atoms with Crippen molar-refractivity contribution in [1.29, 1.82) is 0 Å². The van der Waals surface area contributed by atoms with Crippen molar-refractivity contribution < 1.29 is 4.79 Å². The molecular weight excluding hydrogens is 260 g/mol. The second kappa shape index (κ2) is 6.55. The summed E-state index contributed by atoms with van der Waals surface area (Å²) < 4.78 is 0. The van der Waals surface area contributed by atoms with Gasteiger partial charge in [-0.05, 0) is 11.1 Å². The van der Waals surface area contributed by atoms with Crippen molar-refractivity contribution in [2.45, 2.75) is 25.6 Å². The standard InChI is InChI=1S/C18H20N2O/c21-18-11-17(19-12-15-7-3-1-4-8-15)14-20(18)13-16-9-5-2-6-10-16/h1-10,17,19H,11-14H2/t17-/m0/s1. The molecule has 3 nitrogen and oxygen atoms in total. The molecule has 0 aromatic heterocycles. The molecule has 3 heteroatoms. The number of hydrogen-bond acceptors (Lipinski definition) is 2. The van der Waals surface area contributed by atoms with Crippen LogP contribution in [0.1, 0.15) is 17.5 Å². The van der Waals surface area contributed by atoms with Crippen LogP contribution in [0.25, 0.3) is 0 Å². The molecule has 1 fully saturated rings. The third-order valence-corrected chi connectivity index (χ3v) is 3.87. The van der Waals surface area contributed by atoms with Gasteiger partial charge in [0.05, 0.1) is 0 Å². The van der Waals surface area contributed by atoms with Crippen LogP contribution in [-0.4, -0.2) is 23.4 Å². The van der Waals surface area contributed by atoms with E-state index in [4.69, 9.17) is 0 Å². The first kappa shape index (κ1) is 13.8. The molecule has 21 heavy (non-hydrogen) atoms. The Morgan fingerprint density at radius 1 is 0.952 bits per heavy atom. The number of hydrogen-bond donors (Lipinski definition) is 1. The molecule has 0 saturated carbocycles. The van der Waals surface area contributed by atoms with Gasteiger partial charge < -0.3 is 10.2 Å². The van der Waals surface area contributed by atoms with Crippen LogP contribution in [0.2, 0.25) is 0 Å². The molecule has 1 heterocycles. The summed E-state index contributed by atoms with van der Waals surface area (Å²) in [6.07, 6.45) is 0.597. The van der Waals surface area contributed by atoms with E-state index in [1.165, 1.54) is 11.1 Å². The maximum Gasteiger partial charge on any atom is 0.224 e. The minimum atomic E-state index is 0.240. The molecule has 2 aromatic rings. The zero-order chi connectivity index (χ0) is 14.5. The molecule has 1 N–H and O–H groups in total. The monoisotopic (exact) mass is 280 g/mol. The minimum Gasteiger partial charge on any atom is -0.337 e. The molecule has 0 unspecified atom stereocenters. The lowest BCUT2D eigenvalue weighted by atomic mass is 10.2. The van der Waals surface area contributed by atoms with E-state index >= 15 is 0 Å². The molecule has 0 aliphatic carbocycles. The fourth-order valence-corrected chi connectivity index (χ4v) is 2.72. The molecule has 1 aliphatic rings. The molecule has 1 saturated heterocycles. The number of likely N-dealkylation sites (tertiary alicyclic amines) is 1. The van der Waals surface area contributed by atoms with Gasteiger partial charge in [-0.3, -0.25) is 4.79 Å². The summed E-state index contributed by atoms with van der Waals surface area (Å²) in [6.45, 7) is 2.32. The Kier molecular flexibility index (Phi) is 4.31. The molecule has 1 aliphatic heterocycles. The molecule has 0 radical (unpaired) electrons. The summed E-state index contributed by atoms with van der Waals surface area (Å²) in [5, 5.41) is 3.48. The zero-order valence-electron chi connectivity index (χ0n) is 12.0. The second-order valence-corrected chi connectivity index (χ2v) is 5.53. The van der Waals surface area contributed by atoms with Crippen LogP contribution < -0.4 is 5.32 Å². The molecule has 0 bridgehead atoms. The van der Waals surface area contributed by atoms with Gasteiger partial charge >= 0.3 is 0 Å². The van der Waals surface area contributed by atoms with Crippen molar-refractivity contribution in [2.75, 3.05) is 6.54 Å². The maximum atomic E-state index is 12.1. The second-order valence-electron chi connectivity index (χ2n) is 5.53. The van der Waals surface area contributed by atoms with Gasteiger partial charge in [0.1, 0.15) is 0 Å². The third kappa shape index (κ3) is 3.70. The lowest BCUT2D eigenvalue weighted by Gasteiger charge is -2.17. The van der Waals surface area contributed by atoms with E-state index in [1.54, 1.807) is 0 Å². The van der Waals surface area contributed by atoms with Crippen LogP contribution >= 0.6 is 0 Å². The van der Waals surface area contributed by atoms with E-state index in [-0.39, 0.29) is 11.9 Å². The van der Waals surface area contributed by atoms with E-state index in [2.05, 4.69) is 29.6 Å². The molecule has 1 atom stereocenters.